The topological polar surface area (TPSA) is 0 Å². The van der Waals surface area contributed by atoms with Crippen molar-refractivity contribution in [2.45, 2.75) is 57.2 Å². The first-order chi connectivity index (χ1) is 10.2. The number of halogens is 1. The number of rotatable bonds is 4. The van der Waals surface area contributed by atoms with Gasteiger partial charge in [-0.15, -0.1) is 11.3 Å². The molecule has 1 aliphatic carbocycles. The minimum Gasteiger partial charge on any atom is -0.144 e. The Balaban J connectivity index is 1.90. The molecule has 0 fully saturated rings. The highest BCUT2D eigenvalue weighted by Gasteiger charge is 2.19. The van der Waals surface area contributed by atoms with Gasteiger partial charge in [0.15, 0.2) is 0 Å². The largest absolute Gasteiger partial charge is 0.144 e. The summed E-state index contributed by atoms with van der Waals surface area (Å²) in [6, 6.07) is 9.46. The van der Waals surface area contributed by atoms with Crippen LogP contribution in [0.25, 0.3) is 0 Å². The van der Waals surface area contributed by atoms with Crippen LogP contribution >= 0.6 is 27.3 Å². The maximum Gasteiger partial charge on any atom is 0.0738 e. The van der Waals surface area contributed by atoms with E-state index in [2.05, 4.69) is 54.0 Å². The molecule has 0 saturated heterocycles. The molecule has 0 amide bonds. The molecule has 0 radical (unpaired) electrons. The average Bonchev–Trinajstić information content (AvgIpc) is 2.97. The number of benzene rings is 1. The van der Waals surface area contributed by atoms with Crippen molar-refractivity contribution in [2.75, 3.05) is 0 Å². The minimum atomic E-state index is 0.351. The number of thiophene rings is 1. The maximum absolute atomic E-state index is 3.94. The number of fused-ring (bicyclic) bond motifs is 1. The van der Waals surface area contributed by atoms with E-state index in [1.165, 1.54) is 47.3 Å². The summed E-state index contributed by atoms with van der Waals surface area (Å²) >= 11 is 5.96. The minimum absolute atomic E-state index is 0.351. The molecule has 1 aliphatic rings. The fourth-order valence-electron chi connectivity index (χ4n) is 3.28. The zero-order chi connectivity index (χ0) is 14.8. The van der Waals surface area contributed by atoms with Crippen LogP contribution < -0.4 is 0 Å². The van der Waals surface area contributed by atoms with Gasteiger partial charge in [-0.3, -0.25) is 0 Å². The van der Waals surface area contributed by atoms with Crippen molar-refractivity contribution in [1.29, 1.82) is 0 Å². The Morgan fingerprint density at radius 1 is 1.05 bits per heavy atom. The van der Waals surface area contributed by atoms with Gasteiger partial charge in [0.25, 0.3) is 0 Å². The Kier molecular flexibility index (Phi) is 4.85. The lowest BCUT2D eigenvalue weighted by atomic mass is 9.97. The molecule has 112 valence electrons. The molecule has 21 heavy (non-hydrogen) atoms. The molecule has 2 aromatic rings. The van der Waals surface area contributed by atoms with Gasteiger partial charge in [0.1, 0.15) is 0 Å². The van der Waals surface area contributed by atoms with E-state index in [0.29, 0.717) is 4.83 Å². The normalized spacial score (nSPS) is 15.8. The third-order valence-corrected chi connectivity index (χ3v) is 7.18. The zero-order valence-electron chi connectivity index (χ0n) is 12.9. The molecular weight excluding hydrogens is 340 g/mol. The van der Waals surface area contributed by atoms with Crippen LogP contribution in [-0.4, -0.2) is 0 Å². The molecule has 0 N–H and O–H groups in total. The summed E-state index contributed by atoms with van der Waals surface area (Å²) in [5.74, 6) is 0. The molecule has 1 aromatic heterocycles. The molecule has 1 aromatic carbocycles. The summed E-state index contributed by atoms with van der Waals surface area (Å²) in [5, 5.41) is 0. The molecule has 3 rings (SSSR count). The van der Waals surface area contributed by atoms with Crippen LogP contribution in [0.15, 0.2) is 24.3 Å². The predicted octanol–water partition coefficient (Wildman–Crippen LogP) is 6.24. The van der Waals surface area contributed by atoms with E-state index in [0.717, 1.165) is 12.8 Å². The second-order valence-corrected chi connectivity index (χ2v) is 7.99. The van der Waals surface area contributed by atoms with Gasteiger partial charge in [-0.25, -0.2) is 0 Å². The summed E-state index contributed by atoms with van der Waals surface area (Å²) in [6.45, 7) is 4.50. The van der Waals surface area contributed by atoms with Gasteiger partial charge in [0, 0.05) is 9.75 Å². The van der Waals surface area contributed by atoms with Gasteiger partial charge in [0.05, 0.1) is 4.83 Å². The van der Waals surface area contributed by atoms with Crippen molar-refractivity contribution in [3.8, 4) is 0 Å². The van der Waals surface area contributed by atoms with E-state index >= 15 is 0 Å². The summed E-state index contributed by atoms with van der Waals surface area (Å²) in [4.78, 5) is 3.46. The van der Waals surface area contributed by atoms with Crippen LogP contribution in [0.4, 0.5) is 0 Å². The summed E-state index contributed by atoms with van der Waals surface area (Å²) in [5.41, 5.74) is 6.00. The lowest BCUT2D eigenvalue weighted by Crippen LogP contribution is -1.97. The molecule has 0 bridgehead atoms. The second-order valence-electron chi connectivity index (χ2n) is 5.90. The van der Waals surface area contributed by atoms with Crippen LogP contribution in [0.3, 0.4) is 0 Å². The smallest absolute Gasteiger partial charge is 0.0738 e. The summed E-state index contributed by atoms with van der Waals surface area (Å²) in [6.07, 6.45) is 7.54. The van der Waals surface area contributed by atoms with Gasteiger partial charge >= 0.3 is 0 Å². The fraction of sp³-hybridized carbons (Fsp3) is 0.474. The Hall–Kier alpha value is -0.600. The maximum atomic E-state index is 3.94. The number of hydrogen-bond acceptors (Lipinski definition) is 1. The highest BCUT2D eigenvalue weighted by Crippen LogP contribution is 2.40. The number of aryl methyl sites for hydroxylation is 4. The fourth-order valence-corrected chi connectivity index (χ4v) is 5.24. The molecule has 0 saturated carbocycles. The van der Waals surface area contributed by atoms with Gasteiger partial charge in [-0.05, 0) is 66.8 Å². The van der Waals surface area contributed by atoms with E-state index in [4.69, 9.17) is 0 Å². The van der Waals surface area contributed by atoms with Gasteiger partial charge in [0.2, 0.25) is 0 Å². The molecule has 0 spiro atoms. The Bertz CT molecular complexity index is 603. The van der Waals surface area contributed by atoms with Gasteiger partial charge < -0.3 is 0 Å². The lowest BCUT2D eigenvalue weighted by molar-refractivity contribution is 0.697. The highest BCUT2D eigenvalue weighted by molar-refractivity contribution is 9.09. The third kappa shape index (κ3) is 3.12. The first kappa shape index (κ1) is 15.3. The van der Waals surface area contributed by atoms with Crippen LogP contribution in [0.1, 0.15) is 63.5 Å². The monoisotopic (exact) mass is 362 g/mol. The van der Waals surface area contributed by atoms with Crippen molar-refractivity contribution in [3.63, 3.8) is 0 Å². The third-order valence-electron chi connectivity index (χ3n) is 4.55. The zero-order valence-corrected chi connectivity index (χ0v) is 15.3. The van der Waals surface area contributed by atoms with Crippen LogP contribution in [0.2, 0.25) is 0 Å². The molecule has 1 unspecified atom stereocenters. The van der Waals surface area contributed by atoms with Crippen LogP contribution in [-0.2, 0) is 25.7 Å². The van der Waals surface area contributed by atoms with Crippen molar-refractivity contribution in [3.05, 3.63) is 56.3 Å². The van der Waals surface area contributed by atoms with E-state index < -0.39 is 0 Å². The Labute approximate surface area is 140 Å². The van der Waals surface area contributed by atoms with Gasteiger partial charge in [-0.1, -0.05) is 48.0 Å². The lowest BCUT2D eigenvalue weighted by Gasteiger charge is -2.13. The average molecular weight is 363 g/mol. The van der Waals surface area contributed by atoms with E-state index in [1.807, 2.05) is 11.3 Å². The molecule has 2 heteroatoms. The van der Waals surface area contributed by atoms with Crippen molar-refractivity contribution < 1.29 is 0 Å². The predicted molar refractivity (Wildman–Crippen MR) is 96.9 cm³/mol. The Morgan fingerprint density at radius 3 is 2.52 bits per heavy atom. The summed E-state index contributed by atoms with van der Waals surface area (Å²) < 4.78 is 0. The molecular formula is C19H23BrS. The standard InChI is InChI=1S/C19H23BrS/c1-3-13-9-10-16(11-14(13)4-2)19(20)18-12-15-7-5-6-8-17(15)21-18/h9-12,19H,3-8H2,1-2H3. The van der Waals surface area contributed by atoms with Crippen LogP contribution in [0.5, 0.6) is 0 Å². The molecule has 0 nitrogen and oxygen atoms in total. The Morgan fingerprint density at radius 2 is 1.81 bits per heavy atom. The molecule has 1 heterocycles. The van der Waals surface area contributed by atoms with E-state index in [9.17, 15) is 0 Å². The molecule has 1 atom stereocenters. The van der Waals surface area contributed by atoms with Gasteiger partial charge in [-0.2, -0.15) is 0 Å². The number of alkyl halides is 1. The van der Waals surface area contributed by atoms with Crippen molar-refractivity contribution in [1.82, 2.24) is 0 Å². The van der Waals surface area contributed by atoms with Crippen molar-refractivity contribution >= 4 is 27.3 Å². The molecule has 0 aliphatic heterocycles. The quantitative estimate of drug-likeness (QED) is 0.565. The van der Waals surface area contributed by atoms with Crippen LogP contribution in [0, 0.1) is 0 Å². The SMILES string of the molecule is CCc1ccc(C(Br)c2cc3c(s2)CCCC3)cc1CC. The van der Waals surface area contributed by atoms with E-state index in [-0.39, 0.29) is 0 Å². The van der Waals surface area contributed by atoms with E-state index in [1.54, 1.807) is 10.4 Å². The number of hydrogen-bond donors (Lipinski definition) is 0. The first-order valence-electron chi connectivity index (χ1n) is 8.10. The highest BCUT2D eigenvalue weighted by atomic mass is 79.9. The first-order valence-corrected chi connectivity index (χ1v) is 9.83. The second kappa shape index (κ2) is 6.66. The van der Waals surface area contributed by atoms with Crippen molar-refractivity contribution in [2.24, 2.45) is 0 Å². The summed E-state index contributed by atoms with van der Waals surface area (Å²) in [7, 11) is 0.